The lowest BCUT2D eigenvalue weighted by molar-refractivity contribution is -0.148. The van der Waals surface area contributed by atoms with Crippen LogP contribution in [0.25, 0.3) is 0 Å². The van der Waals surface area contributed by atoms with Gasteiger partial charge in [0.15, 0.2) is 0 Å². The highest BCUT2D eigenvalue weighted by atomic mass is 19.1. The number of halogens is 2. The predicted molar refractivity (Wildman–Crippen MR) is 202 cm³/mol. The maximum atomic E-state index is 14.2. The van der Waals surface area contributed by atoms with Crippen LogP contribution in [0.2, 0.25) is 0 Å². The molecule has 2 rings (SSSR count). The number of carbonyl (C=O) groups excluding carboxylic acids is 4. The Hall–Kier alpha value is -3.20. The Morgan fingerprint density at radius 3 is 2.06 bits per heavy atom. The van der Waals surface area contributed by atoms with Gasteiger partial charge in [-0.2, -0.15) is 0 Å². The normalized spacial score (nSPS) is 20.2. The number of carbonyl (C=O) groups is 4. The van der Waals surface area contributed by atoms with E-state index in [2.05, 4.69) is 10.6 Å². The summed E-state index contributed by atoms with van der Waals surface area (Å²) in [5, 5.41) is 5.76. The summed E-state index contributed by atoms with van der Waals surface area (Å²) in [6.45, 7) is 13.7. The molecule has 1 heterocycles. The molecule has 9 atom stereocenters. The molecule has 1 saturated heterocycles. The summed E-state index contributed by atoms with van der Waals surface area (Å²) in [5.41, 5.74) is 6.29. The Bertz CT molecular complexity index is 1340. The molecule has 4 N–H and O–H groups in total. The highest BCUT2D eigenvalue weighted by molar-refractivity contribution is 5.90. The maximum absolute atomic E-state index is 14.2. The number of nitrogens with two attached hydrogens (primary N) is 1. The van der Waals surface area contributed by atoms with Crippen LogP contribution < -0.4 is 16.4 Å². The van der Waals surface area contributed by atoms with Crippen LogP contribution in [0.5, 0.6) is 0 Å². The molecule has 302 valence electrons. The van der Waals surface area contributed by atoms with Gasteiger partial charge in [0.05, 0.1) is 42.7 Å². The van der Waals surface area contributed by atoms with Crippen LogP contribution in [0.1, 0.15) is 73.3 Å². The van der Waals surface area contributed by atoms with Crippen molar-refractivity contribution >= 4 is 23.6 Å². The second kappa shape index (κ2) is 21.0. The van der Waals surface area contributed by atoms with Crippen molar-refractivity contribution in [1.82, 2.24) is 25.3 Å². The van der Waals surface area contributed by atoms with Gasteiger partial charge < -0.3 is 35.6 Å². The third kappa shape index (κ3) is 11.9. The van der Waals surface area contributed by atoms with Crippen molar-refractivity contribution in [2.24, 2.45) is 29.4 Å². The molecule has 14 heteroatoms. The van der Waals surface area contributed by atoms with Crippen LogP contribution in [0.15, 0.2) is 18.2 Å². The highest BCUT2D eigenvalue weighted by Crippen LogP contribution is 2.29. The molecule has 0 bridgehead atoms. The molecule has 4 amide bonds. The summed E-state index contributed by atoms with van der Waals surface area (Å²) in [6, 6.07) is 1.02. The van der Waals surface area contributed by atoms with Crippen molar-refractivity contribution in [3.63, 3.8) is 0 Å². The molecular formula is C39H66F2N6O6. The molecule has 0 aliphatic carbocycles. The van der Waals surface area contributed by atoms with Crippen LogP contribution >= 0.6 is 0 Å². The molecule has 53 heavy (non-hydrogen) atoms. The standard InChI is InChI=1S/C39H66F2N6O6/c1-13-24(6)35(46(10)39(51)33(22(2)3)44-38(50)34(23(4)5)45(8)9)31(52-11)20-32(48)47-21-26(42)19-30(47)36(53-12)25(7)37(49)43-18-17-27-28(40)15-14-16-29(27)41/h14-16,22-26,30-31,33-36H,13,17-21,42H2,1-12H3,(H,43,49)(H,44,50)/t24?,25-,26+,30+,31-,33+,34+,35+,36-/m1/s1. The fourth-order valence-corrected chi connectivity index (χ4v) is 7.71. The number of hydrogen-bond acceptors (Lipinski definition) is 8. The maximum Gasteiger partial charge on any atom is 0.245 e. The number of ether oxygens (including phenoxy) is 2. The number of likely N-dealkylation sites (N-methyl/N-ethyl adjacent to an activating group) is 2. The smallest absolute Gasteiger partial charge is 0.245 e. The van der Waals surface area contributed by atoms with Crippen molar-refractivity contribution in [2.75, 3.05) is 48.5 Å². The monoisotopic (exact) mass is 753 g/mol. The van der Waals surface area contributed by atoms with Crippen molar-refractivity contribution in [2.45, 2.75) is 117 Å². The lowest BCUT2D eigenvalue weighted by Gasteiger charge is -2.41. The molecule has 0 saturated carbocycles. The number of amides is 4. The van der Waals surface area contributed by atoms with Gasteiger partial charge in [0.2, 0.25) is 23.6 Å². The zero-order valence-corrected chi connectivity index (χ0v) is 33.9. The van der Waals surface area contributed by atoms with Gasteiger partial charge in [-0.05, 0) is 56.8 Å². The molecule has 1 aliphatic heterocycles. The van der Waals surface area contributed by atoms with E-state index in [1.807, 2.05) is 60.5 Å². The fraction of sp³-hybridized carbons (Fsp3) is 0.744. The van der Waals surface area contributed by atoms with Gasteiger partial charge in [0, 0.05) is 46.0 Å². The van der Waals surface area contributed by atoms with E-state index in [-0.39, 0.29) is 78.9 Å². The minimum Gasteiger partial charge on any atom is -0.379 e. The molecule has 0 aromatic heterocycles. The average molecular weight is 753 g/mol. The summed E-state index contributed by atoms with van der Waals surface area (Å²) in [4.78, 5) is 60.1. The van der Waals surface area contributed by atoms with Crippen molar-refractivity contribution in [3.05, 3.63) is 35.4 Å². The summed E-state index contributed by atoms with van der Waals surface area (Å²) >= 11 is 0. The molecule has 0 spiro atoms. The number of nitrogens with zero attached hydrogens (tertiary/aromatic N) is 3. The summed E-state index contributed by atoms with van der Waals surface area (Å²) in [7, 11) is 8.36. The van der Waals surface area contributed by atoms with Gasteiger partial charge in [-0.3, -0.25) is 24.1 Å². The third-order valence-corrected chi connectivity index (χ3v) is 10.8. The van der Waals surface area contributed by atoms with Gasteiger partial charge in [-0.15, -0.1) is 0 Å². The molecular weight excluding hydrogens is 686 g/mol. The number of likely N-dealkylation sites (tertiary alicyclic amines) is 1. The van der Waals surface area contributed by atoms with E-state index in [0.717, 1.165) is 0 Å². The summed E-state index contributed by atoms with van der Waals surface area (Å²) in [5.74, 6) is -3.47. The van der Waals surface area contributed by atoms with E-state index >= 15 is 0 Å². The second-order valence-electron chi connectivity index (χ2n) is 15.5. The Morgan fingerprint density at radius 2 is 1.57 bits per heavy atom. The van der Waals surface area contributed by atoms with Crippen LogP contribution in [0.3, 0.4) is 0 Å². The molecule has 1 aromatic rings. The van der Waals surface area contributed by atoms with E-state index < -0.39 is 53.9 Å². The van der Waals surface area contributed by atoms with Crippen LogP contribution in [0.4, 0.5) is 8.78 Å². The van der Waals surface area contributed by atoms with Crippen LogP contribution in [-0.2, 0) is 35.1 Å². The molecule has 1 aromatic carbocycles. The van der Waals surface area contributed by atoms with E-state index in [1.54, 1.807) is 23.8 Å². The number of benzene rings is 1. The van der Waals surface area contributed by atoms with Crippen molar-refractivity contribution in [3.8, 4) is 0 Å². The quantitative estimate of drug-likeness (QED) is 0.184. The van der Waals surface area contributed by atoms with Crippen LogP contribution in [0, 0.1) is 35.3 Å². The Balaban J connectivity index is 2.26. The third-order valence-electron chi connectivity index (χ3n) is 10.8. The first-order valence-corrected chi connectivity index (χ1v) is 18.9. The summed E-state index contributed by atoms with van der Waals surface area (Å²) < 4.78 is 40.0. The minimum absolute atomic E-state index is 0.0123. The van der Waals surface area contributed by atoms with Gasteiger partial charge in [-0.1, -0.05) is 61.0 Å². The van der Waals surface area contributed by atoms with Crippen LogP contribution in [-0.4, -0.2) is 129 Å². The first-order valence-electron chi connectivity index (χ1n) is 18.9. The number of hydrogen-bond donors (Lipinski definition) is 3. The molecule has 12 nitrogen and oxygen atoms in total. The highest BCUT2D eigenvalue weighted by Gasteiger charge is 2.45. The molecule has 0 radical (unpaired) electrons. The summed E-state index contributed by atoms with van der Waals surface area (Å²) in [6.07, 6.45) is -0.415. The lowest BCUT2D eigenvalue weighted by atomic mass is 9.89. The first-order chi connectivity index (χ1) is 24.8. The van der Waals surface area contributed by atoms with Crippen molar-refractivity contribution < 1.29 is 37.4 Å². The van der Waals surface area contributed by atoms with Crippen molar-refractivity contribution in [1.29, 1.82) is 0 Å². The van der Waals surface area contributed by atoms with E-state index in [0.29, 0.717) is 12.8 Å². The number of rotatable bonds is 20. The molecule has 1 unspecified atom stereocenters. The number of nitrogens with one attached hydrogen (secondary N) is 2. The Morgan fingerprint density at radius 1 is 0.962 bits per heavy atom. The molecule has 1 fully saturated rings. The Kier molecular flexibility index (Phi) is 18.2. The van der Waals surface area contributed by atoms with Gasteiger partial charge in [0.25, 0.3) is 0 Å². The zero-order valence-electron chi connectivity index (χ0n) is 33.9. The zero-order chi connectivity index (χ0) is 40.3. The van der Waals surface area contributed by atoms with E-state index in [4.69, 9.17) is 15.2 Å². The minimum atomic E-state index is -0.796. The fourth-order valence-electron chi connectivity index (χ4n) is 7.71. The Labute approximate surface area is 315 Å². The topological polar surface area (TPSA) is 147 Å². The second-order valence-corrected chi connectivity index (χ2v) is 15.5. The lowest BCUT2D eigenvalue weighted by Crippen LogP contribution is -2.59. The molecule has 1 aliphatic rings. The van der Waals surface area contributed by atoms with E-state index in [1.165, 1.54) is 32.4 Å². The number of methoxy groups -OCH3 is 2. The SMILES string of the molecule is CCC(C)[C@@H]([C@@H](CC(=O)N1C[C@@H](N)C[C@H]1[C@H](OC)[C@@H](C)C(=O)NCCc1c(F)cccc1F)OC)N(C)C(=O)[C@@H](NC(=O)[C@H](C(C)C)N(C)C)C(C)C. The van der Waals surface area contributed by atoms with Gasteiger partial charge >= 0.3 is 0 Å². The van der Waals surface area contributed by atoms with Gasteiger partial charge in [0.1, 0.15) is 17.7 Å². The van der Waals surface area contributed by atoms with Gasteiger partial charge in [-0.25, -0.2) is 8.78 Å². The van der Waals surface area contributed by atoms with E-state index in [9.17, 15) is 28.0 Å². The first kappa shape index (κ1) is 46.0. The largest absolute Gasteiger partial charge is 0.379 e. The predicted octanol–water partition coefficient (Wildman–Crippen LogP) is 3.21. The average Bonchev–Trinajstić information content (AvgIpc) is 3.48.